The van der Waals surface area contributed by atoms with Crippen LogP contribution in [-0.2, 0) is 9.47 Å². The van der Waals surface area contributed by atoms with Gasteiger partial charge in [0.1, 0.15) is 24.7 Å². The van der Waals surface area contributed by atoms with E-state index >= 15 is 0 Å². The van der Waals surface area contributed by atoms with Crippen LogP contribution in [0.25, 0.3) is 0 Å². The molecular weight excluding hydrogens is 332 g/mol. The van der Waals surface area contributed by atoms with Gasteiger partial charge in [0.2, 0.25) is 0 Å². The van der Waals surface area contributed by atoms with Crippen molar-refractivity contribution in [3.8, 4) is 23.6 Å². The van der Waals surface area contributed by atoms with E-state index < -0.39 is 0 Å². The molecule has 0 unspecified atom stereocenters. The second kappa shape index (κ2) is 11.5. The van der Waals surface area contributed by atoms with Crippen LogP contribution in [0, 0.1) is 22.7 Å². The smallest absolute Gasteiger partial charge is 0.119 e. The van der Waals surface area contributed by atoms with Gasteiger partial charge in [0, 0.05) is 0 Å². The number of rotatable bonds is 11. The van der Waals surface area contributed by atoms with Crippen LogP contribution in [0.15, 0.2) is 48.5 Å². The minimum atomic E-state index is 0.438. The first-order valence-electron chi connectivity index (χ1n) is 8.23. The zero-order chi connectivity index (χ0) is 18.5. The molecule has 0 amide bonds. The van der Waals surface area contributed by atoms with Gasteiger partial charge in [-0.1, -0.05) is 0 Å². The average molecular weight is 352 g/mol. The van der Waals surface area contributed by atoms with Crippen LogP contribution in [-0.4, -0.2) is 39.6 Å². The second-order valence-corrected chi connectivity index (χ2v) is 5.19. The molecule has 6 heteroatoms. The second-order valence-electron chi connectivity index (χ2n) is 5.19. The van der Waals surface area contributed by atoms with Crippen molar-refractivity contribution in [3.63, 3.8) is 0 Å². The van der Waals surface area contributed by atoms with E-state index in [0.29, 0.717) is 62.3 Å². The molecule has 2 aromatic carbocycles. The van der Waals surface area contributed by atoms with Crippen LogP contribution in [0.4, 0.5) is 0 Å². The van der Waals surface area contributed by atoms with Gasteiger partial charge < -0.3 is 18.9 Å². The topological polar surface area (TPSA) is 84.5 Å². The Morgan fingerprint density at radius 1 is 0.538 bits per heavy atom. The highest BCUT2D eigenvalue weighted by molar-refractivity contribution is 5.35. The summed E-state index contributed by atoms with van der Waals surface area (Å²) >= 11 is 0. The molecule has 0 bridgehead atoms. The lowest BCUT2D eigenvalue weighted by Crippen LogP contribution is -2.13. The van der Waals surface area contributed by atoms with E-state index in [-0.39, 0.29) is 0 Å². The fraction of sp³-hybridized carbons (Fsp3) is 0.300. The van der Waals surface area contributed by atoms with E-state index in [1.54, 1.807) is 48.5 Å². The maximum Gasteiger partial charge on any atom is 0.119 e. The zero-order valence-corrected chi connectivity index (χ0v) is 14.4. The normalized spacial score (nSPS) is 9.92. The Labute approximate surface area is 153 Å². The number of hydrogen-bond acceptors (Lipinski definition) is 6. The number of ether oxygens (including phenoxy) is 4. The zero-order valence-electron chi connectivity index (χ0n) is 14.4. The number of nitriles is 2. The average Bonchev–Trinajstić information content (AvgIpc) is 2.70. The van der Waals surface area contributed by atoms with E-state index in [4.69, 9.17) is 29.5 Å². The predicted octanol–water partition coefficient (Wildman–Crippen LogP) is 2.92. The molecular formula is C20H20N2O4. The molecule has 0 aliphatic rings. The Bertz CT molecular complexity index is 665. The Morgan fingerprint density at radius 3 is 1.23 bits per heavy atom. The highest BCUT2D eigenvalue weighted by Crippen LogP contribution is 2.12. The van der Waals surface area contributed by atoms with Gasteiger partial charge >= 0.3 is 0 Å². The van der Waals surface area contributed by atoms with Crippen molar-refractivity contribution in [1.82, 2.24) is 0 Å². The van der Waals surface area contributed by atoms with Crippen LogP contribution in [0.2, 0.25) is 0 Å². The Kier molecular flexibility index (Phi) is 8.51. The summed E-state index contributed by atoms with van der Waals surface area (Å²) in [5, 5.41) is 17.4. The van der Waals surface area contributed by atoms with Gasteiger partial charge in [-0.05, 0) is 48.5 Å². The van der Waals surface area contributed by atoms with Gasteiger partial charge in [-0.15, -0.1) is 0 Å². The summed E-state index contributed by atoms with van der Waals surface area (Å²) in [6.07, 6.45) is 0. The fourth-order valence-corrected chi connectivity index (χ4v) is 2.01. The quantitative estimate of drug-likeness (QED) is 0.578. The molecule has 0 fully saturated rings. The third kappa shape index (κ3) is 7.23. The molecule has 0 heterocycles. The van der Waals surface area contributed by atoms with Gasteiger partial charge in [-0.25, -0.2) is 0 Å². The lowest BCUT2D eigenvalue weighted by Gasteiger charge is -2.09. The molecule has 0 saturated carbocycles. The molecule has 2 rings (SSSR count). The lowest BCUT2D eigenvalue weighted by atomic mass is 10.2. The molecule has 0 aliphatic heterocycles. The molecule has 26 heavy (non-hydrogen) atoms. The molecule has 0 atom stereocenters. The Balaban J connectivity index is 1.43. The van der Waals surface area contributed by atoms with Crippen LogP contribution in [0.3, 0.4) is 0 Å². The molecule has 0 aliphatic carbocycles. The van der Waals surface area contributed by atoms with E-state index in [2.05, 4.69) is 12.1 Å². The van der Waals surface area contributed by atoms with Gasteiger partial charge in [0.25, 0.3) is 0 Å². The summed E-state index contributed by atoms with van der Waals surface area (Å²) in [4.78, 5) is 0. The molecule has 0 spiro atoms. The number of benzene rings is 2. The summed E-state index contributed by atoms with van der Waals surface area (Å²) in [6, 6.07) is 18.0. The maximum atomic E-state index is 8.72. The van der Waals surface area contributed by atoms with Crippen LogP contribution < -0.4 is 9.47 Å². The minimum absolute atomic E-state index is 0.438. The summed E-state index contributed by atoms with van der Waals surface area (Å²) in [5.74, 6) is 1.42. The molecule has 0 radical (unpaired) electrons. The van der Waals surface area contributed by atoms with Crippen molar-refractivity contribution < 1.29 is 18.9 Å². The first kappa shape index (κ1) is 19.3. The van der Waals surface area contributed by atoms with E-state index in [1.165, 1.54) is 0 Å². The molecule has 2 aromatic rings. The third-order valence-corrected chi connectivity index (χ3v) is 3.33. The third-order valence-electron chi connectivity index (χ3n) is 3.33. The molecule has 6 nitrogen and oxygen atoms in total. The molecule has 0 saturated heterocycles. The van der Waals surface area contributed by atoms with Gasteiger partial charge in [-0.3, -0.25) is 0 Å². The molecule has 0 N–H and O–H groups in total. The van der Waals surface area contributed by atoms with Gasteiger partial charge in [0.05, 0.1) is 49.7 Å². The Morgan fingerprint density at radius 2 is 0.885 bits per heavy atom. The van der Waals surface area contributed by atoms with E-state index in [9.17, 15) is 0 Å². The van der Waals surface area contributed by atoms with Crippen molar-refractivity contribution >= 4 is 0 Å². The maximum absolute atomic E-state index is 8.72. The summed E-state index contributed by atoms with van der Waals surface area (Å²) in [5.41, 5.74) is 1.21. The van der Waals surface area contributed by atoms with Crippen LogP contribution >= 0.6 is 0 Å². The Hall–Kier alpha value is -3.06. The first-order chi connectivity index (χ1) is 12.8. The van der Waals surface area contributed by atoms with Gasteiger partial charge in [0.15, 0.2) is 0 Å². The summed E-state index contributed by atoms with van der Waals surface area (Å²) < 4.78 is 21.8. The highest BCUT2D eigenvalue weighted by Gasteiger charge is 1.97. The van der Waals surface area contributed by atoms with Crippen molar-refractivity contribution in [2.24, 2.45) is 0 Å². The largest absolute Gasteiger partial charge is 0.491 e. The molecule has 0 aromatic heterocycles. The predicted molar refractivity (Wildman–Crippen MR) is 94.9 cm³/mol. The lowest BCUT2D eigenvalue weighted by molar-refractivity contribution is 0.0273. The first-order valence-corrected chi connectivity index (χ1v) is 8.23. The SMILES string of the molecule is N#Cc1ccc(OCCOCCOCCOc2ccc(C#N)cc2)cc1. The van der Waals surface area contributed by atoms with Crippen molar-refractivity contribution in [2.45, 2.75) is 0 Å². The standard InChI is InChI=1S/C20H20N2O4/c21-15-17-1-5-19(6-2-17)25-13-11-23-9-10-24-12-14-26-20-7-3-18(16-22)4-8-20/h1-8H,9-14H2. The van der Waals surface area contributed by atoms with Crippen molar-refractivity contribution in [2.75, 3.05) is 39.6 Å². The monoisotopic (exact) mass is 352 g/mol. The molecule has 134 valence electrons. The fourth-order valence-electron chi connectivity index (χ4n) is 2.01. The van der Waals surface area contributed by atoms with Crippen molar-refractivity contribution in [1.29, 1.82) is 10.5 Å². The van der Waals surface area contributed by atoms with Gasteiger partial charge in [-0.2, -0.15) is 10.5 Å². The van der Waals surface area contributed by atoms with Crippen molar-refractivity contribution in [3.05, 3.63) is 59.7 Å². The highest BCUT2D eigenvalue weighted by atomic mass is 16.6. The summed E-state index contributed by atoms with van der Waals surface area (Å²) in [7, 11) is 0. The van der Waals surface area contributed by atoms with Crippen LogP contribution in [0.1, 0.15) is 11.1 Å². The summed E-state index contributed by atoms with van der Waals surface area (Å²) in [6.45, 7) is 2.76. The number of hydrogen-bond donors (Lipinski definition) is 0. The van der Waals surface area contributed by atoms with E-state index in [0.717, 1.165) is 0 Å². The van der Waals surface area contributed by atoms with Crippen LogP contribution in [0.5, 0.6) is 11.5 Å². The van der Waals surface area contributed by atoms with E-state index in [1.807, 2.05) is 0 Å². The minimum Gasteiger partial charge on any atom is -0.491 e. The number of nitrogens with zero attached hydrogens (tertiary/aromatic N) is 2.